The van der Waals surface area contributed by atoms with E-state index in [0.29, 0.717) is 12.5 Å². The van der Waals surface area contributed by atoms with E-state index in [2.05, 4.69) is 5.32 Å². The van der Waals surface area contributed by atoms with Gasteiger partial charge < -0.3 is 10.4 Å². The number of aliphatic hydroxyl groups excluding tert-OH is 1. The van der Waals surface area contributed by atoms with Crippen LogP contribution in [-0.4, -0.2) is 22.7 Å². The van der Waals surface area contributed by atoms with Gasteiger partial charge in [0.15, 0.2) is 0 Å². The number of rotatable bonds is 5. The number of nitrogens with one attached hydrogen (secondary N) is 1. The average molecular weight is 270 g/mol. The second kappa shape index (κ2) is 6.26. The van der Waals surface area contributed by atoms with Crippen molar-refractivity contribution in [2.75, 3.05) is 6.54 Å². The van der Waals surface area contributed by atoms with Crippen LogP contribution in [0.15, 0.2) is 12.1 Å². The third-order valence-electron chi connectivity index (χ3n) is 3.31. The van der Waals surface area contributed by atoms with Crippen LogP contribution in [0.4, 0.5) is 5.00 Å². The van der Waals surface area contributed by atoms with Gasteiger partial charge in [-0.15, -0.1) is 0 Å². The van der Waals surface area contributed by atoms with E-state index in [1.54, 1.807) is 12.1 Å². The zero-order valence-corrected chi connectivity index (χ0v) is 11.0. The largest absolute Gasteiger partial charge is 0.393 e. The van der Waals surface area contributed by atoms with E-state index in [1.165, 1.54) is 11.3 Å². The highest BCUT2D eigenvalue weighted by Crippen LogP contribution is 2.25. The molecule has 1 aliphatic rings. The number of nitrogens with zero attached hydrogens (tertiary/aromatic N) is 1. The summed E-state index contributed by atoms with van der Waals surface area (Å²) in [5, 5.41) is 23.6. The molecule has 2 rings (SSSR count). The van der Waals surface area contributed by atoms with Gasteiger partial charge in [0.1, 0.15) is 0 Å². The van der Waals surface area contributed by atoms with Gasteiger partial charge in [-0.2, -0.15) is 0 Å². The molecule has 1 aliphatic carbocycles. The molecule has 1 aromatic rings. The van der Waals surface area contributed by atoms with Crippen LogP contribution in [0.25, 0.3) is 0 Å². The van der Waals surface area contributed by atoms with E-state index in [9.17, 15) is 15.2 Å². The zero-order valence-electron chi connectivity index (χ0n) is 10.2. The maximum Gasteiger partial charge on any atom is 0.324 e. The van der Waals surface area contributed by atoms with Crippen molar-refractivity contribution >= 4 is 16.3 Å². The highest BCUT2D eigenvalue weighted by Gasteiger charge is 2.19. The van der Waals surface area contributed by atoms with E-state index in [4.69, 9.17) is 0 Å². The first-order chi connectivity index (χ1) is 8.65. The van der Waals surface area contributed by atoms with Gasteiger partial charge >= 0.3 is 5.00 Å². The molecule has 0 aliphatic heterocycles. The van der Waals surface area contributed by atoms with E-state index in [-0.39, 0.29) is 16.0 Å². The fourth-order valence-electron chi connectivity index (χ4n) is 2.41. The summed E-state index contributed by atoms with van der Waals surface area (Å²) in [5.41, 5.74) is 0. The first-order valence-corrected chi connectivity index (χ1v) is 7.08. The molecule has 0 spiro atoms. The van der Waals surface area contributed by atoms with E-state index in [0.717, 1.165) is 37.1 Å². The normalized spacial score (nSPS) is 24.1. The molecule has 0 radical (unpaired) electrons. The second-order valence-electron chi connectivity index (χ2n) is 4.81. The van der Waals surface area contributed by atoms with Crippen molar-refractivity contribution in [3.63, 3.8) is 0 Å². The molecule has 0 bridgehead atoms. The lowest BCUT2D eigenvalue weighted by molar-refractivity contribution is -0.380. The van der Waals surface area contributed by atoms with Crippen LogP contribution in [0.3, 0.4) is 0 Å². The number of thiophene rings is 1. The van der Waals surface area contributed by atoms with Crippen molar-refractivity contribution in [2.24, 2.45) is 5.92 Å². The van der Waals surface area contributed by atoms with Crippen molar-refractivity contribution < 1.29 is 10.0 Å². The standard InChI is InChI=1S/C12H18N2O3S/c15-10-3-1-2-9(6-10)7-13-8-11-4-5-12(18-11)14(16)17/h4-5,9-10,13,15H,1-3,6-8H2. The molecule has 1 heterocycles. The molecule has 2 atom stereocenters. The number of aliphatic hydroxyl groups is 1. The lowest BCUT2D eigenvalue weighted by atomic mass is 9.87. The lowest BCUT2D eigenvalue weighted by Gasteiger charge is -2.25. The van der Waals surface area contributed by atoms with Crippen molar-refractivity contribution in [1.29, 1.82) is 0 Å². The Bertz CT molecular complexity index is 408. The maximum absolute atomic E-state index is 10.5. The monoisotopic (exact) mass is 270 g/mol. The molecule has 1 saturated carbocycles. The van der Waals surface area contributed by atoms with Crippen molar-refractivity contribution in [3.8, 4) is 0 Å². The molecule has 0 aromatic carbocycles. The number of nitro groups is 1. The summed E-state index contributed by atoms with van der Waals surface area (Å²) in [5.74, 6) is 0.531. The Morgan fingerprint density at radius 3 is 3.00 bits per heavy atom. The molecule has 0 saturated heterocycles. The van der Waals surface area contributed by atoms with E-state index >= 15 is 0 Å². The predicted octanol–water partition coefficient (Wildman–Crippen LogP) is 2.30. The molecule has 18 heavy (non-hydrogen) atoms. The Kier molecular flexibility index (Phi) is 4.68. The van der Waals surface area contributed by atoms with Gasteiger partial charge in [-0.25, -0.2) is 0 Å². The molecule has 1 fully saturated rings. The van der Waals surface area contributed by atoms with Gasteiger partial charge in [-0.3, -0.25) is 10.1 Å². The predicted molar refractivity (Wildman–Crippen MR) is 70.6 cm³/mol. The fraction of sp³-hybridized carbons (Fsp3) is 0.667. The molecule has 2 N–H and O–H groups in total. The summed E-state index contributed by atoms with van der Waals surface area (Å²) in [6, 6.07) is 3.34. The summed E-state index contributed by atoms with van der Waals surface area (Å²) in [7, 11) is 0. The molecule has 5 nitrogen and oxygen atoms in total. The number of hydrogen-bond acceptors (Lipinski definition) is 5. The Morgan fingerprint density at radius 2 is 2.33 bits per heavy atom. The minimum absolute atomic E-state index is 0.145. The Balaban J connectivity index is 1.72. The molecular formula is C12H18N2O3S. The molecule has 100 valence electrons. The summed E-state index contributed by atoms with van der Waals surface area (Å²) in [6.07, 6.45) is 3.91. The summed E-state index contributed by atoms with van der Waals surface area (Å²) >= 11 is 1.22. The molecule has 2 unspecified atom stereocenters. The summed E-state index contributed by atoms with van der Waals surface area (Å²) in [6.45, 7) is 1.55. The van der Waals surface area contributed by atoms with Crippen LogP contribution in [0.1, 0.15) is 30.6 Å². The van der Waals surface area contributed by atoms with E-state index < -0.39 is 0 Å². The highest BCUT2D eigenvalue weighted by molar-refractivity contribution is 7.15. The van der Waals surface area contributed by atoms with Crippen LogP contribution in [0, 0.1) is 16.0 Å². The molecule has 1 aromatic heterocycles. The minimum Gasteiger partial charge on any atom is -0.393 e. The number of hydrogen-bond donors (Lipinski definition) is 2. The second-order valence-corrected chi connectivity index (χ2v) is 5.96. The van der Waals surface area contributed by atoms with Gasteiger partial charge in [0.05, 0.1) is 11.0 Å². The quantitative estimate of drug-likeness (QED) is 0.636. The zero-order chi connectivity index (χ0) is 13.0. The van der Waals surface area contributed by atoms with Gasteiger partial charge in [0.2, 0.25) is 0 Å². The van der Waals surface area contributed by atoms with Gasteiger partial charge in [0, 0.05) is 17.5 Å². The van der Waals surface area contributed by atoms with Crippen LogP contribution in [0.2, 0.25) is 0 Å². The first-order valence-electron chi connectivity index (χ1n) is 6.27. The van der Waals surface area contributed by atoms with Crippen LogP contribution in [-0.2, 0) is 6.54 Å². The van der Waals surface area contributed by atoms with Crippen molar-refractivity contribution in [2.45, 2.75) is 38.3 Å². The SMILES string of the molecule is O=[N+]([O-])c1ccc(CNCC2CCCC(O)C2)s1. The highest BCUT2D eigenvalue weighted by atomic mass is 32.1. The topological polar surface area (TPSA) is 75.4 Å². The van der Waals surface area contributed by atoms with Crippen molar-refractivity contribution in [3.05, 3.63) is 27.1 Å². The van der Waals surface area contributed by atoms with Crippen LogP contribution >= 0.6 is 11.3 Å². The minimum atomic E-state index is -0.355. The molecular weight excluding hydrogens is 252 g/mol. The third-order valence-corrected chi connectivity index (χ3v) is 4.35. The maximum atomic E-state index is 10.5. The van der Waals surface area contributed by atoms with Crippen LogP contribution in [0.5, 0.6) is 0 Å². The van der Waals surface area contributed by atoms with Crippen LogP contribution < -0.4 is 5.32 Å². The summed E-state index contributed by atoms with van der Waals surface area (Å²) < 4.78 is 0. The first kappa shape index (κ1) is 13.5. The lowest BCUT2D eigenvalue weighted by Crippen LogP contribution is -2.28. The fourth-order valence-corrected chi connectivity index (χ4v) is 3.20. The molecule has 0 amide bonds. The molecule has 6 heteroatoms. The van der Waals surface area contributed by atoms with Gasteiger partial charge in [0.25, 0.3) is 0 Å². The Morgan fingerprint density at radius 1 is 1.50 bits per heavy atom. The average Bonchev–Trinajstić information content (AvgIpc) is 2.78. The van der Waals surface area contributed by atoms with Crippen molar-refractivity contribution in [1.82, 2.24) is 5.32 Å². The summed E-state index contributed by atoms with van der Waals surface area (Å²) in [4.78, 5) is 11.2. The Hall–Kier alpha value is -0.980. The Labute approximate surface area is 110 Å². The third kappa shape index (κ3) is 3.76. The van der Waals surface area contributed by atoms with Gasteiger partial charge in [-0.1, -0.05) is 17.8 Å². The van der Waals surface area contributed by atoms with E-state index in [1.807, 2.05) is 0 Å². The van der Waals surface area contributed by atoms with Gasteiger partial charge in [-0.05, 0) is 37.8 Å². The smallest absolute Gasteiger partial charge is 0.324 e.